The summed E-state index contributed by atoms with van der Waals surface area (Å²) < 4.78 is 1.97. The Kier molecular flexibility index (Phi) is 2.48. The molecule has 1 aromatic carbocycles. The van der Waals surface area contributed by atoms with Crippen molar-refractivity contribution in [3.63, 3.8) is 0 Å². The summed E-state index contributed by atoms with van der Waals surface area (Å²) >= 11 is 0. The summed E-state index contributed by atoms with van der Waals surface area (Å²) in [6.07, 6.45) is 5.67. The van der Waals surface area contributed by atoms with Crippen LogP contribution in [0.5, 0.6) is 0 Å². The Balaban J connectivity index is 2.80. The van der Waals surface area contributed by atoms with Crippen LogP contribution in [-0.4, -0.2) is 9.49 Å². The van der Waals surface area contributed by atoms with E-state index in [4.69, 9.17) is 0 Å². The second-order valence-electron chi connectivity index (χ2n) is 3.66. The topological polar surface area (TPSA) is 48.1 Å². The fourth-order valence-corrected chi connectivity index (χ4v) is 1.88. The normalized spacial score (nSPS) is 11.4. The molecule has 0 amide bonds. The zero-order chi connectivity index (χ0) is 11.7. The van der Waals surface area contributed by atoms with Crippen molar-refractivity contribution in [1.82, 2.24) is 4.57 Å². The molecule has 0 saturated heterocycles. The fraction of sp³-hybridized carbons (Fsp3) is 0.167. The molecule has 0 atom stereocenters. The first-order chi connectivity index (χ1) is 7.63. The molecule has 0 aliphatic rings. The molecule has 4 nitrogen and oxygen atoms in total. The molecule has 0 unspecified atom stereocenters. The number of non-ortho nitro benzene ring substituents is 1. The summed E-state index contributed by atoms with van der Waals surface area (Å²) in [6, 6.07) is 5.08. The van der Waals surface area contributed by atoms with Crippen molar-refractivity contribution in [3.05, 3.63) is 46.1 Å². The Labute approximate surface area is 93.0 Å². The average molecular weight is 216 g/mol. The van der Waals surface area contributed by atoms with Gasteiger partial charge in [0.15, 0.2) is 0 Å². The molecule has 0 aliphatic heterocycles. The van der Waals surface area contributed by atoms with Crippen LogP contribution in [0.4, 0.5) is 5.69 Å². The van der Waals surface area contributed by atoms with Gasteiger partial charge in [-0.3, -0.25) is 10.1 Å². The highest BCUT2D eigenvalue weighted by Gasteiger charge is 2.11. The molecule has 0 N–H and O–H groups in total. The van der Waals surface area contributed by atoms with Crippen LogP contribution in [0, 0.1) is 10.1 Å². The van der Waals surface area contributed by atoms with Gasteiger partial charge in [0.25, 0.3) is 5.69 Å². The lowest BCUT2D eigenvalue weighted by atomic mass is 10.1. The average Bonchev–Trinajstić information content (AvgIpc) is 2.61. The van der Waals surface area contributed by atoms with E-state index < -0.39 is 0 Å². The number of nitro groups is 1. The van der Waals surface area contributed by atoms with Gasteiger partial charge < -0.3 is 4.57 Å². The fourth-order valence-electron chi connectivity index (χ4n) is 1.88. The Morgan fingerprint density at radius 1 is 1.44 bits per heavy atom. The molecule has 0 spiro atoms. The predicted molar refractivity (Wildman–Crippen MR) is 64.3 cm³/mol. The molecule has 0 saturated carbocycles. The zero-order valence-electron chi connectivity index (χ0n) is 9.18. The van der Waals surface area contributed by atoms with E-state index in [9.17, 15) is 10.1 Å². The van der Waals surface area contributed by atoms with Crippen molar-refractivity contribution >= 4 is 22.7 Å². The number of benzene rings is 1. The summed E-state index contributed by atoms with van der Waals surface area (Å²) in [5.74, 6) is 0. The van der Waals surface area contributed by atoms with Gasteiger partial charge in [-0.2, -0.15) is 0 Å². The van der Waals surface area contributed by atoms with E-state index in [1.54, 1.807) is 12.1 Å². The quantitative estimate of drug-likeness (QED) is 0.572. The minimum atomic E-state index is -0.362. The number of rotatable bonds is 2. The first-order valence-electron chi connectivity index (χ1n) is 4.99. The molecule has 0 fully saturated rings. The molecule has 0 radical (unpaired) electrons. The Morgan fingerprint density at radius 2 is 2.19 bits per heavy atom. The molecule has 2 aromatic rings. The molecule has 0 bridgehead atoms. The number of fused-ring (bicyclic) bond motifs is 1. The largest absolute Gasteiger partial charge is 0.350 e. The van der Waals surface area contributed by atoms with E-state index >= 15 is 0 Å². The minimum absolute atomic E-state index is 0.131. The zero-order valence-corrected chi connectivity index (χ0v) is 9.18. The number of nitrogens with zero attached hydrogens (tertiary/aromatic N) is 2. The first-order valence-corrected chi connectivity index (χ1v) is 4.99. The minimum Gasteiger partial charge on any atom is -0.350 e. The molecule has 2 rings (SSSR count). The highest BCUT2D eigenvalue weighted by Crippen LogP contribution is 2.26. The van der Waals surface area contributed by atoms with Crippen molar-refractivity contribution in [1.29, 1.82) is 0 Å². The highest BCUT2D eigenvalue weighted by molar-refractivity contribution is 5.90. The maximum atomic E-state index is 10.8. The third-order valence-electron chi connectivity index (χ3n) is 2.54. The van der Waals surface area contributed by atoms with Gasteiger partial charge in [0, 0.05) is 36.3 Å². The summed E-state index contributed by atoms with van der Waals surface area (Å²) in [4.78, 5) is 10.4. The second kappa shape index (κ2) is 3.81. The molecule has 1 heterocycles. The first kappa shape index (κ1) is 10.4. The van der Waals surface area contributed by atoms with Crippen LogP contribution in [0.15, 0.2) is 30.5 Å². The molecular formula is C12H12N2O2. The van der Waals surface area contributed by atoms with Crippen LogP contribution in [0.1, 0.15) is 12.5 Å². The number of hydrogen-bond acceptors (Lipinski definition) is 2. The van der Waals surface area contributed by atoms with Gasteiger partial charge in [-0.1, -0.05) is 12.2 Å². The van der Waals surface area contributed by atoms with Gasteiger partial charge >= 0.3 is 0 Å². The molecule has 16 heavy (non-hydrogen) atoms. The van der Waals surface area contributed by atoms with Gasteiger partial charge in [-0.05, 0) is 13.0 Å². The number of allylic oxidation sites excluding steroid dienone is 1. The number of aryl methyl sites for hydroxylation is 1. The van der Waals surface area contributed by atoms with Crippen LogP contribution >= 0.6 is 0 Å². The maximum Gasteiger partial charge on any atom is 0.270 e. The Morgan fingerprint density at radius 3 is 2.81 bits per heavy atom. The monoisotopic (exact) mass is 216 g/mol. The van der Waals surface area contributed by atoms with Gasteiger partial charge in [-0.25, -0.2) is 0 Å². The van der Waals surface area contributed by atoms with Gasteiger partial charge in [-0.15, -0.1) is 0 Å². The van der Waals surface area contributed by atoms with Crippen molar-refractivity contribution in [2.24, 2.45) is 7.05 Å². The van der Waals surface area contributed by atoms with Crippen LogP contribution in [0.2, 0.25) is 0 Å². The third kappa shape index (κ3) is 1.58. The number of hydrogen-bond donors (Lipinski definition) is 0. The predicted octanol–water partition coefficient (Wildman–Crippen LogP) is 3.12. The number of nitro benzene ring substituents is 1. The molecule has 4 heteroatoms. The third-order valence-corrected chi connectivity index (χ3v) is 2.54. The van der Waals surface area contributed by atoms with Gasteiger partial charge in [0.05, 0.1) is 10.4 Å². The second-order valence-corrected chi connectivity index (χ2v) is 3.66. The van der Waals surface area contributed by atoms with E-state index in [0.29, 0.717) is 0 Å². The number of aromatic nitrogens is 1. The molecule has 0 aliphatic carbocycles. The Hall–Kier alpha value is -2.10. The van der Waals surface area contributed by atoms with E-state index in [1.165, 1.54) is 0 Å². The van der Waals surface area contributed by atoms with Crippen LogP contribution in [0.25, 0.3) is 17.0 Å². The lowest BCUT2D eigenvalue weighted by Crippen LogP contribution is -1.92. The van der Waals surface area contributed by atoms with Crippen LogP contribution in [-0.2, 0) is 7.05 Å². The molecular weight excluding hydrogens is 204 g/mol. The highest BCUT2D eigenvalue weighted by atomic mass is 16.6. The lowest BCUT2D eigenvalue weighted by molar-refractivity contribution is -0.384. The van der Waals surface area contributed by atoms with Crippen LogP contribution < -0.4 is 0 Å². The summed E-state index contributed by atoms with van der Waals surface area (Å²) in [5.41, 5.74) is 2.02. The maximum absolute atomic E-state index is 10.8. The lowest BCUT2D eigenvalue weighted by Gasteiger charge is -2.02. The Bertz CT molecular complexity index is 582. The van der Waals surface area contributed by atoms with Crippen molar-refractivity contribution in [2.75, 3.05) is 0 Å². The van der Waals surface area contributed by atoms with E-state index in [0.717, 1.165) is 16.5 Å². The summed E-state index contributed by atoms with van der Waals surface area (Å²) in [5, 5.41) is 11.7. The van der Waals surface area contributed by atoms with E-state index in [2.05, 4.69) is 0 Å². The summed E-state index contributed by atoms with van der Waals surface area (Å²) in [7, 11) is 1.93. The van der Waals surface area contributed by atoms with Crippen molar-refractivity contribution in [2.45, 2.75) is 6.92 Å². The van der Waals surface area contributed by atoms with E-state index in [-0.39, 0.29) is 10.6 Å². The summed E-state index contributed by atoms with van der Waals surface area (Å²) in [6.45, 7) is 1.90. The van der Waals surface area contributed by atoms with Gasteiger partial charge in [0.2, 0.25) is 0 Å². The van der Waals surface area contributed by atoms with Gasteiger partial charge in [0.1, 0.15) is 0 Å². The van der Waals surface area contributed by atoms with Crippen molar-refractivity contribution in [3.8, 4) is 0 Å². The van der Waals surface area contributed by atoms with E-state index in [1.807, 2.05) is 43.0 Å². The standard InChI is InChI=1S/C12H12N2O2/c1-3-4-9-7-11(14(15)16)8-10-5-6-13(2)12(9)10/h3-8H,1-2H3/b4-3+. The molecule has 82 valence electrons. The smallest absolute Gasteiger partial charge is 0.270 e. The van der Waals surface area contributed by atoms with Crippen molar-refractivity contribution < 1.29 is 4.92 Å². The molecule has 1 aromatic heterocycles. The SMILES string of the molecule is C/C=C/c1cc([N+](=O)[O-])cc2ccn(C)c12. The van der Waals surface area contributed by atoms with Crippen LogP contribution in [0.3, 0.4) is 0 Å².